The molecule has 0 amide bonds. The van der Waals surface area contributed by atoms with Crippen molar-refractivity contribution in [2.75, 3.05) is 6.54 Å². The second-order valence-electron chi connectivity index (χ2n) is 4.90. The van der Waals surface area contributed by atoms with Gasteiger partial charge in [0, 0.05) is 25.9 Å². The molecular formula is C13H20ClN3O. The van der Waals surface area contributed by atoms with Crippen molar-refractivity contribution in [2.24, 2.45) is 7.05 Å². The van der Waals surface area contributed by atoms with Gasteiger partial charge in [-0.15, -0.1) is 0 Å². The highest BCUT2D eigenvalue weighted by Crippen LogP contribution is 2.22. The summed E-state index contributed by atoms with van der Waals surface area (Å²) in [7, 11) is 1.85. The third-order valence-electron chi connectivity index (χ3n) is 3.50. The van der Waals surface area contributed by atoms with Crippen LogP contribution in [-0.4, -0.2) is 28.2 Å². The predicted octanol–water partition coefficient (Wildman–Crippen LogP) is 1.89. The first kappa shape index (κ1) is 13.6. The minimum Gasteiger partial charge on any atom is -0.314 e. The summed E-state index contributed by atoms with van der Waals surface area (Å²) in [5.74, 6) is 0.238. The number of carbonyl (C=O) groups excluding carboxylic acids is 1. The second kappa shape index (κ2) is 5.85. The van der Waals surface area contributed by atoms with E-state index in [1.807, 2.05) is 14.0 Å². The fourth-order valence-corrected chi connectivity index (χ4v) is 2.84. The molecule has 1 saturated heterocycles. The summed E-state index contributed by atoms with van der Waals surface area (Å²) in [6.45, 7) is 3.05. The quantitative estimate of drug-likeness (QED) is 0.888. The van der Waals surface area contributed by atoms with Gasteiger partial charge in [-0.3, -0.25) is 9.48 Å². The van der Waals surface area contributed by atoms with Crippen molar-refractivity contribution in [2.45, 2.75) is 45.1 Å². The van der Waals surface area contributed by atoms with Gasteiger partial charge in [-0.25, -0.2) is 0 Å². The van der Waals surface area contributed by atoms with E-state index in [4.69, 9.17) is 11.6 Å². The lowest BCUT2D eigenvalue weighted by Crippen LogP contribution is -2.25. The zero-order valence-corrected chi connectivity index (χ0v) is 11.8. The first-order valence-corrected chi connectivity index (χ1v) is 6.95. The van der Waals surface area contributed by atoms with Gasteiger partial charge in [0.15, 0.2) is 0 Å². The molecule has 1 atom stereocenters. The molecule has 2 heterocycles. The molecule has 100 valence electrons. The molecule has 1 aromatic rings. The summed E-state index contributed by atoms with van der Waals surface area (Å²) in [5.41, 5.74) is 1.72. The highest BCUT2D eigenvalue weighted by molar-refractivity contribution is 6.32. The summed E-state index contributed by atoms with van der Waals surface area (Å²) in [4.78, 5) is 12.0. The van der Waals surface area contributed by atoms with Gasteiger partial charge in [0.25, 0.3) is 0 Å². The molecule has 0 aliphatic carbocycles. The van der Waals surface area contributed by atoms with Gasteiger partial charge >= 0.3 is 0 Å². The van der Waals surface area contributed by atoms with Crippen molar-refractivity contribution in [3.63, 3.8) is 0 Å². The monoisotopic (exact) mass is 269 g/mol. The lowest BCUT2D eigenvalue weighted by atomic mass is 10.1. The largest absolute Gasteiger partial charge is 0.314 e. The first-order valence-electron chi connectivity index (χ1n) is 6.57. The van der Waals surface area contributed by atoms with Crippen LogP contribution in [0.1, 0.15) is 37.6 Å². The van der Waals surface area contributed by atoms with Crippen LogP contribution in [0.15, 0.2) is 0 Å². The molecule has 1 aliphatic heterocycles. The van der Waals surface area contributed by atoms with E-state index < -0.39 is 0 Å². The Bertz CT molecular complexity index is 436. The highest BCUT2D eigenvalue weighted by atomic mass is 35.5. The molecule has 4 nitrogen and oxygen atoms in total. The number of ketones is 1. The zero-order chi connectivity index (χ0) is 13.1. The van der Waals surface area contributed by atoms with E-state index in [0.29, 0.717) is 23.9 Å². The number of nitrogens with zero attached hydrogens (tertiary/aromatic N) is 2. The van der Waals surface area contributed by atoms with Crippen molar-refractivity contribution in [3.05, 3.63) is 16.4 Å². The smallest absolute Gasteiger partial charge is 0.140 e. The number of hydrogen-bond acceptors (Lipinski definition) is 3. The van der Waals surface area contributed by atoms with Crippen LogP contribution in [0.5, 0.6) is 0 Å². The lowest BCUT2D eigenvalue weighted by molar-refractivity contribution is -0.118. The Kier molecular flexibility index (Phi) is 4.40. The van der Waals surface area contributed by atoms with Gasteiger partial charge in [0.05, 0.1) is 16.4 Å². The predicted molar refractivity (Wildman–Crippen MR) is 71.9 cm³/mol. The molecule has 0 radical (unpaired) electrons. The minimum atomic E-state index is 0.238. The Morgan fingerprint density at radius 1 is 1.61 bits per heavy atom. The normalized spacial score (nSPS) is 19.4. The fourth-order valence-electron chi connectivity index (χ4n) is 2.48. The van der Waals surface area contributed by atoms with Crippen LogP contribution in [0, 0.1) is 0 Å². The van der Waals surface area contributed by atoms with Crippen LogP contribution in [0.25, 0.3) is 0 Å². The topological polar surface area (TPSA) is 46.9 Å². The van der Waals surface area contributed by atoms with Crippen LogP contribution in [0.2, 0.25) is 5.02 Å². The van der Waals surface area contributed by atoms with Crippen molar-refractivity contribution < 1.29 is 4.79 Å². The van der Waals surface area contributed by atoms with E-state index in [-0.39, 0.29) is 5.78 Å². The van der Waals surface area contributed by atoms with Crippen LogP contribution >= 0.6 is 11.6 Å². The number of hydrogen-bond donors (Lipinski definition) is 1. The Balaban J connectivity index is 1.99. The van der Waals surface area contributed by atoms with Gasteiger partial charge in [-0.05, 0) is 25.8 Å². The molecule has 1 aliphatic rings. The average molecular weight is 270 g/mol. The van der Waals surface area contributed by atoms with Gasteiger partial charge in [0.1, 0.15) is 5.78 Å². The van der Waals surface area contributed by atoms with Crippen LogP contribution in [-0.2, 0) is 24.7 Å². The Morgan fingerprint density at radius 3 is 2.94 bits per heavy atom. The number of aromatic nitrogens is 2. The Labute approximate surface area is 113 Å². The Hall–Kier alpha value is -0.870. The zero-order valence-electron chi connectivity index (χ0n) is 11.0. The van der Waals surface area contributed by atoms with Crippen molar-refractivity contribution >= 4 is 17.4 Å². The van der Waals surface area contributed by atoms with E-state index in [1.165, 1.54) is 6.42 Å². The van der Waals surface area contributed by atoms with Crippen LogP contribution in [0.4, 0.5) is 0 Å². The number of aryl methyl sites for hydroxylation is 2. The maximum absolute atomic E-state index is 12.0. The van der Waals surface area contributed by atoms with Gasteiger partial charge in [-0.1, -0.05) is 18.5 Å². The number of halogens is 1. The molecule has 0 bridgehead atoms. The lowest BCUT2D eigenvalue weighted by Gasteiger charge is -2.09. The maximum Gasteiger partial charge on any atom is 0.140 e. The Morgan fingerprint density at radius 2 is 2.39 bits per heavy atom. The molecule has 5 heteroatoms. The first-order chi connectivity index (χ1) is 8.61. The van der Waals surface area contributed by atoms with Gasteiger partial charge in [-0.2, -0.15) is 5.10 Å². The summed E-state index contributed by atoms with van der Waals surface area (Å²) < 4.78 is 1.74. The molecule has 1 unspecified atom stereocenters. The molecule has 0 saturated carbocycles. The van der Waals surface area contributed by atoms with Crippen LogP contribution < -0.4 is 5.32 Å². The molecule has 2 rings (SSSR count). The molecular weight excluding hydrogens is 250 g/mol. The summed E-state index contributed by atoms with van der Waals surface area (Å²) in [5, 5.41) is 8.33. The minimum absolute atomic E-state index is 0.238. The molecule has 1 fully saturated rings. The summed E-state index contributed by atoms with van der Waals surface area (Å²) >= 11 is 6.24. The molecule has 0 aromatic carbocycles. The average Bonchev–Trinajstić information content (AvgIpc) is 2.92. The standard InChI is InChI=1S/C13H20ClN3O/c1-3-11-13(14)12(17(2)16-11)8-10(18)7-9-5-4-6-15-9/h9,15H,3-8H2,1-2H3. The van der Waals surface area contributed by atoms with E-state index in [0.717, 1.165) is 30.8 Å². The van der Waals surface area contributed by atoms with E-state index in [9.17, 15) is 4.79 Å². The maximum atomic E-state index is 12.0. The molecule has 1 N–H and O–H groups in total. The van der Waals surface area contributed by atoms with Crippen molar-refractivity contribution in [1.82, 2.24) is 15.1 Å². The van der Waals surface area contributed by atoms with Gasteiger partial charge in [0.2, 0.25) is 0 Å². The number of nitrogens with one attached hydrogen (secondary N) is 1. The number of carbonyl (C=O) groups is 1. The highest BCUT2D eigenvalue weighted by Gasteiger charge is 2.20. The number of Topliss-reactive ketones (excluding diaryl/α,β-unsaturated/α-hetero) is 1. The second-order valence-corrected chi connectivity index (χ2v) is 5.28. The molecule has 1 aromatic heterocycles. The summed E-state index contributed by atoms with van der Waals surface area (Å²) in [6.07, 6.45) is 4.06. The number of rotatable bonds is 5. The third-order valence-corrected chi connectivity index (χ3v) is 3.94. The SMILES string of the molecule is CCc1nn(C)c(CC(=O)CC2CCCN2)c1Cl. The van der Waals surface area contributed by atoms with Crippen molar-refractivity contribution in [1.29, 1.82) is 0 Å². The van der Waals surface area contributed by atoms with Crippen LogP contribution in [0.3, 0.4) is 0 Å². The van der Waals surface area contributed by atoms with E-state index in [1.54, 1.807) is 4.68 Å². The van der Waals surface area contributed by atoms with Gasteiger partial charge < -0.3 is 5.32 Å². The van der Waals surface area contributed by atoms with E-state index >= 15 is 0 Å². The molecule has 0 spiro atoms. The molecule has 18 heavy (non-hydrogen) atoms. The summed E-state index contributed by atoms with van der Waals surface area (Å²) in [6, 6.07) is 0.357. The fraction of sp³-hybridized carbons (Fsp3) is 0.692. The third kappa shape index (κ3) is 2.93. The van der Waals surface area contributed by atoms with Crippen molar-refractivity contribution in [3.8, 4) is 0 Å². The van der Waals surface area contributed by atoms with E-state index in [2.05, 4.69) is 10.4 Å².